The molecule has 1 aromatic carbocycles. The number of carbonyl (C=O) groups excluding carboxylic acids is 2. The standard InChI is InChI=1S/C17H17F3N4O2/c1-2-21-15(25)14-12-9-24(8-7-13(12)22-23-14)16(26)10-3-5-11(6-4-10)17(18,19)20/h3-6H,2,7-9H2,1H3,(H,21,25)(H,22,23). The number of amides is 2. The second-order valence-electron chi connectivity index (χ2n) is 5.94. The highest BCUT2D eigenvalue weighted by atomic mass is 19.4. The first-order chi connectivity index (χ1) is 12.3. The van der Waals surface area contributed by atoms with Crippen molar-refractivity contribution in [3.05, 3.63) is 52.3 Å². The zero-order chi connectivity index (χ0) is 18.9. The summed E-state index contributed by atoms with van der Waals surface area (Å²) in [6.45, 7) is 2.81. The van der Waals surface area contributed by atoms with Gasteiger partial charge < -0.3 is 10.2 Å². The topological polar surface area (TPSA) is 78.1 Å². The number of halogens is 3. The Bertz CT molecular complexity index is 828. The van der Waals surface area contributed by atoms with Crippen molar-refractivity contribution < 1.29 is 22.8 Å². The van der Waals surface area contributed by atoms with Gasteiger partial charge in [-0.1, -0.05) is 0 Å². The highest BCUT2D eigenvalue weighted by Crippen LogP contribution is 2.29. The van der Waals surface area contributed by atoms with Gasteiger partial charge in [0.2, 0.25) is 0 Å². The molecule has 1 aliphatic heterocycles. The van der Waals surface area contributed by atoms with E-state index in [1.165, 1.54) is 17.0 Å². The largest absolute Gasteiger partial charge is 0.416 e. The Morgan fingerprint density at radius 2 is 1.96 bits per heavy atom. The Labute approximate surface area is 147 Å². The molecule has 2 aromatic rings. The predicted molar refractivity (Wildman–Crippen MR) is 86.5 cm³/mol. The summed E-state index contributed by atoms with van der Waals surface area (Å²) in [6, 6.07) is 4.11. The van der Waals surface area contributed by atoms with E-state index < -0.39 is 11.7 Å². The van der Waals surface area contributed by atoms with Crippen LogP contribution in [0.1, 0.15) is 44.6 Å². The first-order valence-electron chi connectivity index (χ1n) is 8.12. The highest BCUT2D eigenvalue weighted by molar-refractivity contribution is 5.96. The summed E-state index contributed by atoms with van der Waals surface area (Å²) in [7, 11) is 0. The number of alkyl halides is 3. The van der Waals surface area contributed by atoms with Crippen molar-refractivity contribution in [3.8, 4) is 0 Å². The van der Waals surface area contributed by atoms with Gasteiger partial charge in [-0.2, -0.15) is 18.3 Å². The van der Waals surface area contributed by atoms with Crippen LogP contribution < -0.4 is 5.32 Å². The van der Waals surface area contributed by atoms with E-state index in [0.29, 0.717) is 25.1 Å². The smallest absolute Gasteiger partial charge is 0.351 e. The molecule has 1 aliphatic rings. The van der Waals surface area contributed by atoms with Gasteiger partial charge >= 0.3 is 6.18 Å². The summed E-state index contributed by atoms with van der Waals surface area (Å²) in [6.07, 6.45) is -3.95. The van der Waals surface area contributed by atoms with Crippen LogP contribution in [0, 0.1) is 0 Å². The van der Waals surface area contributed by atoms with Crippen molar-refractivity contribution in [3.63, 3.8) is 0 Å². The molecule has 0 fully saturated rings. The molecule has 0 spiro atoms. The van der Waals surface area contributed by atoms with E-state index in [-0.39, 0.29) is 29.6 Å². The van der Waals surface area contributed by atoms with Gasteiger partial charge in [0.1, 0.15) is 0 Å². The number of fused-ring (bicyclic) bond motifs is 1. The van der Waals surface area contributed by atoms with Crippen LogP contribution in [-0.2, 0) is 19.1 Å². The van der Waals surface area contributed by atoms with Crippen LogP contribution in [0.2, 0.25) is 0 Å². The summed E-state index contributed by atoms with van der Waals surface area (Å²) < 4.78 is 37.9. The molecule has 0 saturated heterocycles. The van der Waals surface area contributed by atoms with Crippen molar-refractivity contribution in [2.75, 3.05) is 13.1 Å². The summed E-state index contributed by atoms with van der Waals surface area (Å²) in [4.78, 5) is 26.2. The van der Waals surface area contributed by atoms with Gasteiger partial charge in [0.15, 0.2) is 5.69 Å². The third kappa shape index (κ3) is 3.42. The fourth-order valence-electron chi connectivity index (χ4n) is 2.88. The summed E-state index contributed by atoms with van der Waals surface area (Å²) in [5.41, 5.74) is 1.05. The van der Waals surface area contributed by atoms with Crippen LogP contribution >= 0.6 is 0 Å². The third-order valence-electron chi connectivity index (χ3n) is 4.23. The number of nitrogens with one attached hydrogen (secondary N) is 2. The molecule has 0 bridgehead atoms. The number of benzene rings is 1. The SMILES string of the molecule is CCNC(=O)c1n[nH]c2c1CN(C(=O)c1ccc(C(F)(F)F)cc1)CC2. The minimum absolute atomic E-state index is 0.171. The zero-order valence-corrected chi connectivity index (χ0v) is 14.0. The molecule has 0 atom stereocenters. The van der Waals surface area contributed by atoms with Crippen molar-refractivity contribution >= 4 is 11.8 Å². The van der Waals surface area contributed by atoms with Gasteiger partial charge in [0, 0.05) is 36.3 Å². The average Bonchev–Trinajstić information content (AvgIpc) is 3.04. The quantitative estimate of drug-likeness (QED) is 0.876. The minimum Gasteiger partial charge on any atom is -0.351 e. The molecule has 6 nitrogen and oxygen atoms in total. The first-order valence-corrected chi connectivity index (χ1v) is 8.12. The lowest BCUT2D eigenvalue weighted by molar-refractivity contribution is -0.137. The average molecular weight is 366 g/mol. The van der Waals surface area contributed by atoms with E-state index >= 15 is 0 Å². The maximum absolute atomic E-state index is 12.6. The van der Waals surface area contributed by atoms with Gasteiger partial charge in [-0.25, -0.2) is 0 Å². The van der Waals surface area contributed by atoms with Gasteiger partial charge in [0.25, 0.3) is 11.8 Å². The van der Waals surface area contributed by atoms with E-state index in [1.54, 1.807) is 6.92 Å². The van der Waals surface area contributed by atoms with Crippen molar-refractivity contribution in [1.29, 1.82) is 0 Å². The fraction of sp³-hybridized carbons (Fsp3) is 0.353. The van der Waals surface area contributed by atoms with E-state index in [4.69, 9.17) is 0 Å². The van der Waals surface area contributed by atoms with Crippen LogP contribution in [-0.4, -0.2) is 40.0 Å². The lowest BCUT2D eigenvalue weighted by Gasteiger charge is -2.27. The Morgan fingerprint density at radius 3 is 2.58 bits per heavy atom. The normalized spacial score (nSPS) is 14.1. The van der Waals surface area contributed by atoms with Crippen molar-refractivity contribution in [2.45, 2.75) is 26.1 Å². The molecule has 2 heterocycles. The molecule has 26 heavy (non-hydrogen) atoms. The lowest BCUT2D eigenvalue weighted by Crippen LogP contribution is -2.37. The van der Waals surface area contributed by atoms with Crippen molar-refractivity contribution in [1.82, 2.24) is 20.4 Å². The zero-order valence-electron chi connectivity index (χ0n) is 14.0. The van der Waals surface area contributed by atoms with Crippen LogP contribution in [0.4, 0.5) is 13.2 Å². The molecule has 2 N–H and O–H groups in total. The van der Waals surface area contributed by atoms with Gasteiger partial charge in [-0.3, -0.25) is 14.7 Å². The first kappa shape index (κ1) is 18.0. The number of nitrogens with zero attached hydrogens (tertiary/aromatic N) is 2. The number of hydrogen-bond acceptors (Lipinski definition) is 3. The molecule has 0 saturated carbocycles. The van der Waals surface area contributed by atoms with Crippen molar-refractivity contribution in [2.24, 2.45) is 0 Å². The third-order valence-corrected chi connectivity index (χ3v) is 4.23. The number of carbonyl (C=O) groups is 2. The Morgan fingerprint density at radius 1 is 1.27 bits per heavy atom. The Balaban J connectivity index is 1.79. The monoisotopic (exact) mass is 366 g/mol. The van der Waals surface area contributed by atoms with E-state index in [2.05, 4.69) is 15.5 Å². The molecule has 2 amide bonds. The molecule has 9 heteroatoms. The lowest BCUT2D eigenvalue weighted by atomic mass is 10.0. The number of H-pyrrole nitrogens is 1. The summed E-state index contributed by atoms with van der Waals surface area (Å²) in [5.74, 6) is -0.707. The molecule has 0 unspecified atom stereocenters. The summed E-state index contributed by atoms with van der Waals surface area (Å²) >= 11 is 0. The molecule has 138 valence electrons. The van der Waals surface area contributed by atoms with Crippen LogP contribution in [0.3, 0.4) is 0 Å². The van der Waals surface area contributed by atoms with Crippen LogP contribution in [0.15, 0.2) is 24.3 Å². The van der Waals surface area contributed by atoms with E-state index in [0.717, 1.165) is 17.8 Å². The molecular formula is C17H17F3N4O2. The second kappa shape index (κ2) is 6.81. The van der Waals surface area contributed by atoms with E-state index in [9.17, 15) is 22.8 Å². The maximum Gasteiger partial charge on any atom is 0.416 e. The molecule has 1 aromatic heterocycles. The molecule has 0 radical (unpaired) electrons. The van der Waals surface area contributed by atoms with Gasteiger partial charge in [0.05, 0.1) is 12.1 Å². The summed E-state index contributed by atoms with van der Waals surface area (Å²) in [5, 5.41) is 9.50. The number of rotatable bonds is 3. The van der Waals surface area contributed by atoms with Gasteiger partial charge in [-0.15, -0.1) is 0 Å². The number of aromatic nitrogens is 2. The predicted octanol–water partition coefficient (Wildman–Crippen LogP) is 2.38. The second-order valence-corrected chi connectivity index (χ2v) is 5.94. The minimum atomic E-state index is -4.44. The molecular weight excluding hydrogens is 349 g/mol. The highest BCUT2D eigenvalue weighted by Gasteiger charge is 2.31. The number of aromatic amines is 1. The van der Waals surface area contributed by atoms with Gasteiger partial charge in [-0.05, 0) is 31.2 Å². The van der Waals surface area contributed by atoms with Crippen LogP contribution in [0.25, 0.3) is 0 Å². The van der Waals surface area contributed by atoms with E-state index in [1.807, 2.05) is 0 Å². The molecule has 0 aliphatic carbocycles. The van der Waals surface area contributed by atoms with Crippen LogP contribution in [0.5, 0.6) is 0 Å². The number of hydrogen-bond donors (Lipinski definition) is 2. The maximum atomic E-state index is 12.6. The Kier molecular flexibility index (Phi) is 4.71. The molecule has 3 rings (SSSR count). The fourth-order valence-corrected chi connectivity index (χ4v) is 2.88. The Hall–Kier alpha value is -2.84.